The minimum atomic E-state index is -3.50. The summed E-state index contributed by atoms with van der Waals surface area (Å²) in [7, 11) is -1.99. The number of amides is 1. The number of rotatable bonds is 7. The number of anilines is 1. The fourth-order valence-electron chi connectivity index (χ4n) is 2.24. The molecule has 7 nitrogen and oxygen atoms in total. The summed E-state index contributed by atoms with van der Waals surface area (Å²) >= 11 is 1.12. The van der Waals surface area contributed by atoms with Crippen LogP contribution in [0.2, 0.25) is 0 Å². The third kappa shape index (κ3) is 4.55. The molecule has 0 aromatic carbocycles. The number of thiophene rings is 1. The number of hydrogen-bond donors (Lipinski definition) is 1. The third-order valence-corrected chi connectivity index (χ3v) is 5.96. The molecule has 1 aromatic heterocycles. The Kier molecular flexibility index (Phi) is 5.94. The Morgan fingerprint density at radius 3 is 2.73 bits per heavy atom. The van der Waals surface area contributed by atoms with Crippen molar-refractivity contribution in [2.75, 3.05) is 17.5 Å². The maximum absolute atomic E-state index is 12.3. The molecule has 138 valence electrons. The Bertz CT molecular complexity index is 925. The van der Waals surface area contributed by atoms with Gasteiger partial charge in [-0.3, -0.25) is 19.1 Å². The minimum absolute atomic E-state index is 0.207. The van der Waals surface area contributed by atoms with Gasteiger partial charge in [0.2, 0.25) is 15.9 Å². The van der Waals surface area contributed by atoms with Crippen LogP contribution in [0.25, 0.3) is 6.08 Å². The number of nitrogens with zero attached hydrogens (tertiary/aromatic N) is 1. The summed E-state index contributed by atoms with van der Waals surface area (Å²) in [5, 5.41) is 0.391. The van der Waals surface area contributed by atoms with E-state index in [2.05, 4.69) is 11.3 Å². The lowest BCUT2D eigenvalue weighted by atomic mass is 9.93. The fourth-order valence-corrected chi connectivity index (χ4v) is 4.22. The SMILES string of the molecule is C=CCS(=O)(=O)Nc1ccc(/C=C/C(=O)C2C(=O)C=C(C)N(C)C2=O)s1. The second-order valence-electron chi connectivity index (χ2n) is 5.63. The molecule has 1 N–H and O–H groups in total. The molecule has 1 amide bonds. The molecule has 0 spiro atoms. The molecule has 0 bridgehead atoms. The largest absolute Gasteiger partial charge is 0.318 e. The van der Waals surface area contributed by atoms with E-state index in [9.17, 15) is 22.8 Å². The Hall–Kier alpha value is -2.52. The van der Waals surface area contributed by atoms with Crippen molar-refractivity contribution in [3.63, 3.8) is 0 Å². The van der Waals surface area contributed by atoms with Crippen LogP contribution in [0.5, 0.6) is 0 Å². The average molecular weight is 394 g/mol. The van der Waals surface area contributed by atoms with E-state index in [-0.39, 0.29) is 5.75 Å². The molecule has 9 heteroatoms. The van der Waals surface area contributed by atoms with Gasteiger partial charge < -0.3 is 4.90 Å². The molecule has 0 radical (unpaired) electrons. The molecular formula is C17H18N2O5S2. The number of carbonyl (C=O) groups excluding carboxylic acids is 3. The average Bonchev–Trinajstić information content (AvgIpc) is 2.97. The number of ketones is 2. The summed E-state index contributed by atoms with van der Waals surface area (Å²) in [4.78, 5) is 38.3. The molecule has 2 rings (SSSR count). The zero-order valence-corrected chi connectivity index (χ0v) is 15.9. The van der Waals surface area contributed by atoms with Gasteiger partial charge >= 0.3 is 0 Å². The summed E-state index contributed by atoms with van der Waals surface area (Å²) in [6, 6.07) is 3.19. The standard InChI is InChI=1S/C17H18N2O5S2/c1-4-9-26(23,24)18-15-8-6-12(25-15)5-7-13(20)16-14(21)10-11(2)19(3)17(16)22/h4-8,10,16,18H,1,9H2,2-3H3/b7-5+. The van der Waals surface area contributed by atoms with E-state index in [0.29, 0.717) is 15.6 Å². The van der Waals surface area contributed by atoms with E-state index in [1.165, 1.54) is 30.2 Å². The molecule has 1 aromatic rings. The van der Waals surface area contributed by atoms with E-state index in [1.807, 2.05) is 0 Å². The molecule has 2 heterocycles. The van der Waals surface area contributed by atoms with Crippen LogP contribution in [-0.2, 0) is 24.4 Å². The highest BCUT2D eigenvalue weighted by Gasteiger charge is 2.37. The van der Waals surface area contributed by atoms with E-state index >= 15 is 0 Å². The van der Waals surface area contributed by atoms with E-state index < -0.39 is 33.4 Å². The van der Waals surface area contributed by atoms with Gasteiger partial charge in [-0.1, -0.05) is 6.08 Å². The maximum Gasteiger partial charge on any atom is 0.245 e. The monoisotopic (exact) mass is 394 g/mol. The van der Waals surface area contributed by atoms with E-state index in [1.54, 1.807) is 19.1 Å². The van der Waals surface area contributed by atoms with E-state index in [0.717, 1.165) is 17.4 Å². The second-order valence-corrected chi connectivity index (χ2v) is 8.51. The summed E-state index contributed by atoms with van der Waals surface area (Å²) in [5.41, 5.74) is 0.489. The van der Waals surface area contributed by atoms with Gasteiger partial charge in [0, 0.05) is 23.7 Å². The number of hydrogen-bond acceptors (Lipinski definition) is 6. The minimum Gasteiger partial charge on any atom is -0.318 e. The molecule has 0 aliphatic carbocycles. The number of nitrogens with one attached hydrogen (secondary N) is 1. The quantitative estimate of drug-likeness (QED) is 0.432. The zero-order chi connectivity index (χ0) is 19.5. The van der Waals surface area contributed by atoms with Gasteiger partial charge in [0.05, 0.1) is 5.75 Å². The molecule has 1 atom stereocenters. The lowest BCUT2D eigenvalue weighted by molar-refractivity contribution is -0.142. The van der Waals surface area contributed by atoms with Crippen molar-refractivity contribution >= 4 is 49.9 Å². The molecule has 1 aliphatic rings. The molecule has 0 fully saturated rings. The molecule has 1 unspecified atom stereocenters. The summed E-state index contributed by atoms with van der Waals surface area (Å²) in [6.07, 6.45) is 5.16. The topological polar surface area (TPSA) is 101 Å². The van der Waals surface area contributed by atoms with Gasteiger partial charge in [0.15, 0.2) is 17.5 Å². The Balaban J connectivity index is 2.11. The van der Waals surface area contributed by atoms with Crippen LogP contribution in [0.4, 0.5) is 5.00 Å². The van der Waals surface area contributed by atoms with Crippen molar-refractivity contribution in [1.29, 1.82) is 0 Å². The highest BCUT2D eigenvalue weighted by Crippen LogP contribution is 2.25. The smallest absolute Gasteiger partial charge is 0.245 e. The van der Waals surface area contributed by atoms with Gasteiger partial charge in [-0.15, -0.1) is 17.9 Å². The van der Waals surface area contributed by atoms with Crippen LogP contribution in [0.15, 0.2) is 42.6 Å². The van der Waals surface area contributed by atoms with Crippen molar-refractivity contribution < 1.29 is 22.8 Å². The molecule has 0 saturated carbocycles. The van der Waals surface area contributed by atoms with Crippen LogP contribution in [0.3, 0.4) is 0 Å². The number of allylic oxidation sites excluding steroid dienone is 3. The van der Waals surface area contributed by atoms with Crippen LogP contribution in [0.1, 0.15) is 11.8 Å². The molecule has 0 saturated heterocycles. The molecule has 26 heavy (non-hydrogen) atoms. The summed E-state index contributed by atoms with van der Waals surface area (Å²) in [6.45, 7) is 5.00. The van der Waals surface area contributed by atoms with Gasteiger partial charge in [-0.2, -0.15) is 0 Å². The van der Waals surface area contributed by atoms with Crippen LogP contribution < -0.4 is 4.72 Å². The Morgan fingerprint density at radius 2 is 2.08 bits per heavy atom. The second kappa shape index (κ2) is 7.79. The molecule has 1 aliphatic heterocycles. The van der Waals surface area contributed by atoms with Crippen molar-refractivity contribution in [2.24, 2.45) is 5.92 Å². The summed E-state index contributed by atoms with van der Waals surface area (Å²) in [5.74, 6) is -3.29. The first-order valence-electron chi connectivity index (χ1n) is 7.57. The number of carbonyl (C=O) groups is 3. The van der Waals surface area contributed by atoms with Gasteiger partial charge in [-0.05, 0) is 31.2 Å². The van der Waals surface area contributed by atoms with E-state index in [4.69, 9.17) is 0 Å². The predicted octanol–water partition coefficient (Wildman–Crippen LogP) is 1.82. The Morgan fingerprint density at radius 1 is 1.38 bits per heavy atom. The van der Waals surface area contributed by atoms with Crippen molar-refractivity contribution in [2.45, 2.75) is 6.92 Å². The Labute approximate surface area is 155 Å². The zero-order valence-electron chi connectivity index (χ0n) is 14.3. The first-order chi connectivity index (χ1) is 12.1. The maximum atomic E-state index is 12.3. The summed E-state index contributed by atoms with van der Waals surface area (Å²) < 4.78 is 25.8. The van der Waals surface area contributed by atoms with Crippen LogP contribution in [-0.4, -0.2) is 43.6 Å². The van der Waals surface area contributed by atoms with Gasteiger partial charge in [0.25, 0.3) is 0 Å². The van der Waals surface area contributed by atoms with Gasteiger partial charge in [0.1, 0.15) is 5.00 Å². The lowest BCUT2D eigenvalue weighted by Crippen LogP contribution is -2.43. The highest BCUT2D eigenvalue weighted by molar-refractivity contribution is 7.93. The third-order valence-electron chi connectivity index (χ3n) is 3.66. The van der Waals surface area contributed by atoms with Crippen LogP contribution in [0, 0.1) is 5.92 Å². The fraction of sp³-hybridized carbons (Fsp3) is 0.235. The highest BCUT2D eigenvalue weighted by atomic mass is 32.2. The van der Waals surface area contributed by atoms with Crippen molar-refractivity contribution in [3.8, 4) is 0 Å². The van der Waals surface area contributed by atoms with Crippen LogP contribution >= 0.6 is 11.3 Å². The van der Waals surface area contributed by atoms with Gasteiger partial charge in [-0.25, -0.2) is 8.42 Å². The first kappa shape index (κ1) is 19.8. The van der Waals surface area contributed by atoms with Crippen molar-refractivity contribution in [1.82, 2.24) is 4.90 Å². The molecular weight excluding hydrogens is 376 g/mol. The predicted molar refractivity (Wildman–Crippen MR) is 101 cm³/mol. The lowest BCUT2D eigenvalue weighted by Gasteiger charge is -2.25. The first-order valence-corrected chi connectivity index (χ1v) is 10.0. The number of sulfonamides is 1. The normalized spacial score (nSPS) is 18.2. The van der Waals surface area contributed by atoms with Crippen molar-refractivity contribution in [3.05, 3.63) is 47.5 Å².